The van der Waals surface area contributed by atoms with Crippen LogP contribution in [0.2, 0.25) is 0 Å². The molecule has 0 saturated heterocycles. The van der Waals surface area contributed by atoms with Gasteiger partial charge in [0.05, 0.1) is 5.69 Å². The van der Waals surface area contributed by atoms with Crippen LogP contribution in [-0.4, -0.2) is 29.1 Å². The minimum atomic E-state index is -0.646. The van der Waals surface area contributed by atoms with E-state index in [0.29, 0.717) is 12.2 Å². The van der Waals surface area contributed by atoms with Gasteiger partial charge in [0.15, 0.2) is 0 Å². The molecule has 72 valence electrons. The molecule has 0 unspecified atom stereocenters. The van der Waals surface area contributed by atoms with E-state index < -0.39 is 6.23 Å². The Morgan fingerprint density at radius 2 is 2.23 bits per heavy atom. The third-order valence-corrected chi connectivity index (χ3v) is 1.84. The zero-order valence-electron chi connectivity index (χ0n) is 7.94. The molecule has 0 fully saturated rings. The highest BCUT2D eigenvalue weighted by atomic mass is 16.3. The predicted octanol–water partition coefficient (Wildman–Crippen LogP) is 0.0928. The van der Waals surface area contributed by atoms with E-state index in [4.69, 9.17) is 5.73 Å². The zero-order chi connectivity index (χ0) is 9.84. The first-order valence-electron chi connectivity index (χ1n) is 4.14. The standard InChI is InChI=1S/C9H15N3O/c1-12(2)9(13)8-4-3-7(5-10)6-11-8/h3-4,6,9,13H,5,10H2,1-2H3/t9-/m1/s1. The van der Waals surface area contributed by atoms with Crippen molar-refractivity contribution in [1.29, 1.82) is 0 Å². The molecule has 0 bridgehead atoms. The largest absolute Gasteiger partial charge is 0.372 e. The van der Waals surface area contributed by atoms with Gasteiger partial charge in [-0.2, -0.15) is 0 Å². The molecular weight excluding hydrogens is 166 g/mol. The quantitative estimate of drug-likeness (QED) is 0.649. The van der Waals surface area contributed by atoms with Gasteiger partial charge in [0, 0.05) is 12.7 Å². The van der Waals surface area contributed by atoms with Crippen molar-refractivity contribution in [1.82, 2.24) is 9.88 Å². The maximum atomic E-state index is 9.59. The van der Waals surface area contributed by atoms with Gasteiger partial charge in [0.1, 0.15) is 6.23 Å². The van der Waals surface area contributed by atoms with E-state index in [-0.39, 0.29) is 0 Å². The van der Waals surface area contributed by atoms with Crippen LogP contribution in [0.15, 0.2) is 18.3 Å². The van der Waals surface area contributed by atoms with Crippen molar-refractivity contribution in [2.75, 3.05) is 14.1 Å². The Labute approximate surface area is 78.0 Å². The summed E-state index contributed by atoms with van der Waals surface area (Å²) in [5, 5.41) is 9.59. The first-order chi connectivity index (χ1) is 6.15. The predicted molar refractivity (Wildman–Crippen MR) is 50.8 cm³/mol. The third-order valence-electron chi connectivity index (χ3n) is 1.84. The Morgan fingerprint density at radius 3 is 2.62 bits per heavy atom. The summed E-state index contributed by atoms with van der Waals surface area (Å²) in [5.41, 5.74) is 7.03. The fourth-order valence-corrected chi connectivity index (χ4v) is 0.974. The molecule has 0 radical (unpaired) electrons. The van der Waals surface area contributed by atoms with Crippen molar-refractivity contribution >= 4 is 0 Å². The molecule has 13 heavy (non-hydrogen) atoms. The van der Waals surface area contributed by atoms with Gasteiger partial charge in [-0.3, -0.25) is 9.88 Å². The summed E-state index contributed by atoms with van der Waals surface area (Å²) in [6.07, 6.45) is 1.04. The lowest BCUT2D eigenvalue weighted by molar-refractivity contribution is 0.0358. The van der Waals surface area contributed by atoms with E-state index in [1.165, 1.54) is 0 Å². The number of aliphatic hydroxyl groups excluding tert-OH is 1. The molecule has 0 aromatic carbocycles. The molecular formula is C9H15N3O. The smallest absolute Gasteiger partial charge is 0.150 e. The Morgan fingerprint density at radius 1 is 1.54 bits per heavy atom. The van der Waals surface area contributed by atoms with Crippen LogP contribution in [0.5, 0.6) is 0 Å². The lowest BCUT2D eigenvalue weighted by Gasteiger charge is -2.17. The van der Waals surface area contributed by atoms with Crippen LogP contribution in [0.25, 0.3) is 0 Å². The van der Waals surface area contributed by atoms with Gasteiger partial charge in [0.2, 0.25) is 0 Å². The lowest BCUT2D eigenvalue weighted by atomic mass is 10.2. The Hall–Kier alpha value is -0.970. The molecule has 0 spiro atoms. The summed E-state index contributed by atoms with van der Waals surface area (Å²) in [6, 6.07) is 3.65. The highest BCUT2D eigenvalue weighted by molar-refractivity contribution is 5.14. The molecule has 0 saturated carbocycles. The SMILES string of the molecule is CN(C)[C@H](O)c1ccc(CN)cn1. The average molecular weight is 181 g/mol. The van der Waals surface area contributed by atoms with Crippen LogP contribution >= 0.6 is 0 Å². The number of aromatic nitrogens is 1. The second-order valence-corrected chi connectivity index (χ2v) is 3.13. The Kier molecular flexibility index (Phi) is 3.36. The fourth-order valence-electron chi connectivity index (χ4n) is 0.974. The summed E-state index contributed by atoms with van der Waals surface area (Å²) < 4.78 is 0. The van der Waals surface area contributed by atoms with Crippen molar-refractivity contribution in [3.63, 3.8) is 0 Å². The molecule has 4 heteroatoms. The Balaban J connectivity index is 2.79. The molecule has 1 aromatic heterocycles. The van der Waals surface area contributed by atoms with E-state index in [1.807, 2.05) is 6.07 Å². The highest BCUT2D eigenvalue weighted by Gasteiger charge is 2.09. The minimum Gasteiger partial charge on any atom is -0.372 e. The van der Waals surface area contributed by atoms with Crippen LogP contribution in [0.4, 0.5) is 0 Å². The number of aliphatic hydroxyl groups is 1. The van der Waals surface area contributed by atoms with Crippen molar-refractivity contribution in [3.05, 3.63) is 29.6 Å². The number of pyridine rings is 1. The maximum Gasteiger partial charge on any atom is 0.150 e. The van der Waals surface area contributed by atoms with Crippen LogP contribution in [0.1, 0.15) is 17.5 Å². The second kappa shape index (κ2) is 4.32. The van der Waals surface area contributed by atoms with Crippen LogP contribution in [-0.2, 0) is 6.54 Å². The molecule has 0 amide bonds. The van der Waals surface area contributed by atoms with Gasteiger partial charge in [-0.15, -0.1) is 0 Å². The molecule has 1 heterocycles. The number of nitrogens with two attached hydrogens (primary N) is 1. The number of hydrogen-bond acceptors (Lipinski definition) is 4. The topological polar surface area (TPSA) is 62.4 Å². The van der Waals surface area contributed by atoms with E-state index in [9.17, 15) is 5.11 Å². The van der Waals surface area contributed by atoms with E-state index in [2.05, 4.69) is 4.98 Å². The van der Waals surface area contributed by atoms with Crippen molar-refractivity contribution in [2.45, 2.75) is 12.8 Å². The first kappa shape index (κ1) is 10.1. The number of rotatable bonds is 3. The normalized spacial score (nSPS) is 13.3. The fraction of sp³-hybridized carbons (Fsp3) is 0.444. The molecule has 0 aliphatic rings. The monoisotopic (exact) mass is 181 g/mol. The first-order valence-corrected chi connectivity index (χ1v) is 4.14. The third kappa shape index (κ3) is 2.48. The van der Waals surface area contributed by atoms with E-state index >= 15 is 0 Å². The van der Waals surface area contributed by atoms with Gasteiger partial charge in [-0.25, -0.2) is 0 Å². The summed E-state index contributed by atoms with van der Waals surface area (Å²) in [7, 11) is 3.59. The summed E-state index contributed by atoms with van der Waals surface area (Å²) in [4.78, 5) is 5.78. The number of hydrogen-bond donors (Lipinski definition) is 2. The Bertz CT molecular complexity index is 258. The minimum absolute atomic E-state index is 0.478. The zero-order valence-corrected chi connectivity index (χ0v) is 7.94. The van der Waals surface area contributed by atoms with Crippen LogP contribution in [0.3, 0.4) is 0 Å². The van der Waals surface area contributed by atoms with Gasteiger partial charge in [0.25, 0.3) is 0 Å². The van der Waals surface area contributed by atoms with Crippen LogP contribution < -0.4 is 5.73 Å². The molecule has 1 atom stereocenters. The molecule has 0 aliphatic carbocycles. The second-order valence-electron chi connectivity index (χ2n) is 3.13. The van der Waals surface area contributed by atoms with E-state index in [0.717, 1.165) is 5.56 Å². The van der Waals surface area contributed by atoms with Gasteiger partial charge < -0.3 is 10.8 Å². The summed E-state index contributed by atoms with van der Waals surface area (Å²) in [5.74, 6) is 0. The highest BCUT2D eigenvalue weighted by Crippen LogP contribution is 2.11. The average Bonchev–Trinajstić information content (AvgIpc) is 2.17. The molecule has 4 nitrogen and oxygen atoms in total. The van der Waals surface area contributed by atoms with Gasteiger partial charge in [-0.1, -0.05) is 6.07 Å². The van der Waals surface area contributed by atoms with Crippen molar-refractivity contribution < 1.29 is 5.11 Å². The van der Waals surface area contributed by atoms with Gasteiger partial charge in [-0.05, 0) is 25.7 Å². The molecule has 3 N–H and O–H groups in total. The van der Waals surface area contributed by atoms with Crippen molar-refractivity contribution in [3.8, 4) is 0 Å². The van der Waals surface area contributed by atoms with Crippen molar-refractivity contribution in [2.24, 2.45) is 5.73 Å². The molecule has 0 aliphatic heterocycles. The van der Waals surface area contributed by atoms with Gasteiger partial charge >= 0.3 is 0 Å². The summed E-state index contributed by atoms with van der Waals surface area (Å²) in [6.45, 7) is 0.478. The number of nitrogens with zero attached hydrogens (tertiary/aromatic N) is 2. The molecule has 1 rings (SSSR count). The van der Waals surface area contributed by atoms with E-state index in [1.54, 1.807) is 31.3 Å². The molecule has 1 aromatic rings. The van der Waals surface area contributed by atoms with Crippen LogP contribution in [0, 0.1) is 0 Å². The lowest BCUT2D eigenvalue weighted by Crippen LogP contribution is -2.20. The maximum absolute atomic E-state index is 9.59. The summed E-state index contributed by atoms with van der Waals surface area (Å²) >= 11 is 0.